The number of hydrogen-bond acceptors (Lipinski definition) is 4. The van der Waals surface area contributed by atoms with Crippen LogP contribution in [0.25, 0.3) is 11.1 Å². The van der Waals surface area contributed by atoms with Gasteiger partial charge in [0.05, 0.1) is 12.8 Å². The molecular formula is C21H23FN2O2. The quantitative estimate of drug-likeness (QED) is 0.812. The van der Waals surface area contributed by atoms with Crippen LogP contribution in [0.15, 0.2) is 36.7 Å². The van der Waals surface area contributed by atoms with Crippen LogP contribution in [0.4, 0.5) is 4.39 Å². The highest BCUT2D eigenvalue weighted by Crippen LogP contribution is 2.40. The lowest BCUT2D eigenvalue weighted by atomic mass is 9.89. The van der Waals surface area contributed by atoms with Crippen LogP contribution in [0.5, 0.6) is 5.75 Å². The Morgan fingerprint density at radius 2 is 1.92 bits per heavy atom. The molecule has 2 aromatic rings. The minimum atomic E-state index is -0.477. The molecule has 1 aromatic carbocycles. The van der Waals surface area contributed by atoms with Crippen molar-refractivity contribution in [1.82, 2.24) is 9.88 Å². The standard InChI is InChI=1S/C21H23FN2O2/c22-18-11-16(12-23-13-18)15-4-5-20-17(10-15)14-25-21(26-20)6-8-24(9-7-21)19-2-1-3-19/h4-5,10-13,19H,1-3,6-9,14H2. The molecule has 0 N–H and O–H groups in total. The van der Waals surface area contributed by atoms with Gasteiger partial charge in [-0.3, -0.25) is 9.88 Å². The van der Waals surface area contributed by atoms with E-state index in [1.54, 1.807) is 6.20 Å². The number of halogens is 1. The smallest absolute Gasteiger partial charge is 0.213 e. The average Bonchev–Trinajstić information content (AvgIpc) is 2.62. The number of hydrogen-bond donors (Lipinski definition) is 0. The molecule has 0 bridgehead atoms. The SMILES string of the molecule is Fc1cncc(-c2ccc3c(c2)COC2(CCN(C4CCC4)CC2)O3)c1. The van der Waals surface area contributed by atoms with Crippen LogP contribution in [0.3, 0.4) is 0 Å². The molecular weight excluding hydrogens is 331 g/mol. The molecule has 3 aliphatic rings. The molecule has 1 spiro atoms. The van der Waals surface area contributed by atoms with E-state index in [0.29, 0.717) is 6.61 Å². The van der Waals surface area contributed by atoms with Crippen molar-refractivity contribution in [3.8, 4) is 16.9 Å². The molecule has 1 aromatic heterocycles. The van der Waals surface area contributed by atoms with Crippen molar-refractivity contribution >= 4 is 0 Å². The van der Waals surface area contributed by atoms with Crippen molar-refractivity contribution in [2.45, 2.75) is 50.5 Å². The second-order valence-corrected chi connectivity index (χ2v) is 7.64. The second-order valence-electron chi connectivity index (χ2n) is 7.64. The summed E-state index contributed by atoms with van der Waals surface area (Å²) in [7, 11) is 0. The van der Waals surface area contributed by atoms with E-state index < -0.39 is 5.79 Å². The Kier molecular flexibility index (Phi) is 3.94. The van der Waals surface area contributed by atoms with Gasteiger partial charge in [-0.15, -0.1) is 0 Å². The van der Waals surface area contributed by atoms with Gasteiger partial charge in [-0.2, -0.15) is 0 Å². The first kappa shape index (κ1) is 16.2. The van der Waals surface area contributed by atoms with Gasteiger partial charge >= 0.3 is 0 Å². The maximum Gasteiger partial charge on any atom is 0.213 e. The summed E-state index contributed by atoms with van der Waals surface area (Å²) < 4.78 is 25.9. The Morgan fingerprint density at radius 1 is 1.08 bits per heavy atom. The van der Waals surface area contributed by atoms with E-state index in [1.165, 1.54) is 31.5 Å². The Labute approximate surface area is 152 Å². The predicted octanol–water partition coefficient (Wildman–Crippen LogP) is 4.14. The summed E-state index contributed by atoms with van der Waals surface area (Å²) >= 11 is 0. The highest BCUT2D eigenvalue weighted by Gasteiger charge is 2.42. The summed E-state index contributed by atoms with van der Waals surface area (Å²) in [5.74, 6) is 0.0844. The number of ether oxygens (including phenoxy) is 2. The lowest BCUT2D eigenvalue weighted by Gasteiger charge is -2.47. The number of likely N-dealkylation sites (tertiary alicyclic amines) is 1. The van der Waals surface area contributed by atoms with E-state index in [0.717, 1.165) is 54.4 Å². The van der Waals surface area contributed by atoms with Crippen molar-refractivity contribution in [1.29, 1.82) is 0 Å². The molecule has 5 heteroatoms. The van der Waals surface area contributed by atoms with Gasteiger partial charge in [0.15, 0.2) is 0 Å². The number of piperidine rings is 1. The molecule has 136 valence electrons. The summed E-state index contributed by atoms with van der Waals surface area (Å²) in [6.45, 7) is 2.63. The fourth-order valence-electron chi connectivity index (χ4n) is 4.21. The van der Waals surface area contributed by atoms with Crippen LogP contribution in [0.1, 0.15) is 37.7 Å². The van der Waals surface area contributed by atoms with Crippen LogP contribution in [-0.2, 0) is 11.3 Å². The lowest BCUT2D eigenvalue weighted by Crippen LogP contribution is -2.54. The van der Waals surface area contributed by atoms with Gasteiger partial charge in [-0.05, 0) is 36.6 Å². The normalized spacial score (nSPS) is 22.5. The molecule has 0 atom stereocenters. The van der Waals surface area contributed by atoms with Gasteiger partial charge in [0, 0.05) is 49.3 Å². The minimum absolute atomic E-state index is 0.329. The summed E-state index contributed by atoms with van der Waals surface area (Å²) in [4.78, 5) is 6.53. The van der Waals surface area contributed by atoms with E-state index in [-0.39, 0.29) is 5.82 Å². The third kappa shape index (κ3) is 2.89. The van der Waals surface area contributed by atoms with Crippen LogP contribution in [0, 0.1) is 5.82 Å². The fourth-order valence-corrected chi connectivity index (χ4v) is 4.21. The second kappa shape index (κ2) is 6.32. The van der Waals surface area contributed by atoms with Crippen molar-refractivity contribution in [3.63, 3.8) is 0 Å². The molecule has 1 aliphatic carbocycles. The van der Waals surface area contributed by atoms with Gasteiger partial charge < -0.3 is 9.47 Å². The Balaban J connectivity index is 1.32. The Hall–Kier alpha value is -1.98. The van der Waals surface area contributed by atoms with E-state index in [2.05, 4.69) is 9.88 Å². The third-order valence-corrected chi connectivity index (χ3v) is 6.04. The van der Waals surface area contributed by atoms with E-state index in [4.69, 9.17) is 9.47 Å². The fraction of sp³-hybridized carbons (Fsp3) is 0.476. The largest absolute Gasteiger partial charge is 0.462 e. The highest BCUT2D eigenvalue weighted by molar-refractivity contribution is 5.65. The van der Waals surface area contributed by atoms with Crippen LogP contribution in [-0.4, -0.2) is 34.8 Å². The Morgan fingerprint density at radius 3 is 2.65 bits per heavy atom. The van der Waals surface area contributed by atoms with Crippen LogP contribution in [0.2, 0.25) is 0 Å². The van der Waals surface area contributed by atoms with Gasteiger partial charge in [-0.25, -0.2) is 4.39 Å². The summed E-state index contributed by atoms with van der Waals surface area (Å²) in [5.41, 5.74) is 2.71. The number of pyridine rings is 1. The zero-order chi connectivity index (χ0) is 17.6. The molecule has 0 radical (unpaired) electrons. The first-order valence-electron chi connectivity index (χ1n) is 9.52. The van der Waals surface area contributed by atoms with E-state index in [1.807, 2.05) is 18.2 Å². The maximum atomic E-state index is 13.4. The lowest BCUT2D eigenvalue weighted by molar-refractivity contribution is -0.231. The van der Waals surface area contributed by atoms with Crippen molar-refractivity contribution in [3.05, 3.63) is 48.0 Å². The number of nitrogens with zero attached hydrogens (tertiary/aromatic N) is 2. The molecule has 5 rings (SSSR count). The summed E-state index contributed by atoms with van der Waals surface area (Å²) in [5, 5.41) is 0. The van der Waals surface area contributed by atoms with E-state index in [9.17, 15) is 4.39 Å². The zero-order valence-corrected chi connectivity index (χ0v) is 14.8. The topological polar surface area (TPSA) is 34.6 Å². The van der Waals surface area contributed by atoms with Crippen molar-refractivity contribution in [2.75, 3.05) is 13.1 Å². The molecule has 3 heterocycles. The third-order valence-electron chi connectivity index (χ3n) is 6.04. The van der Waals surface area contributed by atoms with Gasteiger partial charge in [0.2, 0.25) is 5.79 Å². The maximum absolute atomic E-state index is 13.4. The monoisotopic (exact) mass is 354 g/mol. The first-order valence-corrected chi connectivity index (χ1v) is 9.52. The number of fused-ring (bicyclic) bond motifs is 1. The van der Waals surface area contributed by atoms with Crippen LogP contribution >= 0.6 is 0 Å². The van der Waals surface area contributed by atoms with Gasteiger partial charge in [-0.1, -0.05) is 12.5 Å². The molecule has 4 nitrogen and oxygen atoms in total. The average molecular weight is 354 g/mol. The van der Waals surface area contributed by atoms with Gasteiger partial charge in [0.25, 0.3) is 0 Å². The van der Waals surface area contributed by atoms with E-state index >= 15 is 0 Å². The Bertz CT molecular complexity index is 813. The molecule has 26 heavy (non-hydrogen) atoms. The zero-order valence-electron chi connectivity index (χ0n) is 14.8. The molecule has 0 unspecified atom stereocenters. The van der Waals surface area contributed by atoms with Gasteiger partial charge in [0.1, 0.15) is 11.6 Å². The molecule has 1 saturated carbocycles. The number of rotatable bonds is 2. The molecule has 0 amide bonds. The summed E-state index contributed by atoms with van der Waals surface area (Å²) in [6.07, 6.45) is 8.78. The predicted molar refractivity (Wildman–Crippen MR) is 96.2 cm³/mol. The highest BCUT2D eigenvalue weighted by atomic mass is 19.1. The minimum Gasteiger partial charge on any atom is -0.462 e. The number of benzene rings is 1. The van der Waals surface area contributed by atoms with Crippen LogP contribution < -0.4 is 4.74 Å². The van der Waals surface area contributed by atoms with Crippen molar-refractivity contribution in [2.24, 2.45) is 0 Å². The molecule has 2 fully saturated rings. The van der Waals surface area contributed by atoms with Crippen molar-refractivity contribution < 1.29 is 13.9 Å². The number of aromatic nitrogens is 1. The molecule has 2 aliphatic heterocycles. The molecule has 1 saturated heterocycles. The summed E-state index contributed by atoms with van der Waals surface area (Å²) in [6, 6.07) is 8.25. The first-order chi connectivity index (χ1) is 12.7.